The van der Waals surface area contributed by atoms with Gasteiger partial charge in [0.05, 0.1) is 12.2 Å². The first kappa shape index (κ1) is 14.0. The van der Waals surface area contributed by atoms with Gasteiger partial charge in [0.2, 0.25) is 5.91 Å². The summed E-state index contributed by atoms with van der Waals surface area (Å²) in [7, 11) is 3.61. The van der Waals surface area contributed by atoms with E-state index in [0.29, 0.717) is 12.4 Å². The molecule has 2 aromatic heterocycles. The second kappa shape index (κ2) is 5.68. The van der Waals surface area contributed by atoms with Crippen molar-refractivity contribution >= 4 is 12.0 Å². The molecule has 0 aromatic carbocycles. The number of amides is 1. The van der Waals surface area contributed by atoms with Crippen molar-refractivity contribution in [2.45, 2.75) is 20.4 Å². The van der Waals surface area contributed by atoms with Gasteiger partial charge in [0, 0.05) is 31.4 Å². The zero-order valence-electron chi connectivity index (χ0n) is 12.1. The van der Waals surface area contributed by atoms with Gasteiger partial charge in [-0.2, -0.15) is 10.2 Å². The van der Waals surface area contributed by atoms with E-state index in [4.69, 9.17) is 0 Å². The van der Waals surface area contributed by atoms with Gasteiger partial charge >= 0.3 is 0 Å². The molecule has 0 aliphatic rings. The van der Waals surface area contributed by atoms with E-state index in [1.54, 1.807) is 28.8 Å². The lowest BCUT2D eigenvalue weighted by atomic mass is 10.2. The van der Waals surface area contributed by atoms with Crippen LogP contribution in [0.2, 0.25) is 0 Å². The number of aromatic amines is 1. The fourth-order valence-corrected chi connectivity index (χ4v) is 1.92. The number of nitrogens with zero attached hydrogens (tertiary/aromatic N) is 5. The largest absolute Gasteiger partial charge is 0.335 e. The van der Waals surface area contributed by atoms with E-state index in [1.165, 1.54) is 6.33 Å². The Morgan fingerprint density at radius 1 is 1.50 bits per heavy atom. The monoisotopic (exact) mass is 274 g/mol. The van der Waals surface area contributed by atoms with E-state index in [9.17, 15) is 4.79 Å². The molecule has 1 N–H and O–H groups in total. The lowest BCUT2D eigenvalue weighted by molar-refractivity contribution is -0.125. The lowest BCUT2D eigenvalue weighted by Gasteiger charge is -2.12. The van der Waals surface area contributed by atoms with Gasteiger partial charge in [0.15, 0.2) is 0 Å². The molecular weight excluding hydrogens is 256 g/mol. The number of likely N-dealkylation sites (N-methyl/N-ethyl adjacent to an activating group) is 1. The Labute approximate surface area is 117 Å². The maximum Gasteiger partial charge on any atom is 0.246 e. The zero-order chi connectivity index (χ0) is 14.7. The van der Waals surface area contributed by atoms with Crippen LogP contribution in [0.25, 0.3) is 6.08 Å². The van der Waals surface area contributed by atoms with Crippen LogP contribution in [0.5, 0.6) is 0 Å². The molecule has 7 heteroatoms. The quantitative estimate of drug-likeness (QED) is 0.837. The normalized spacial score (nSPS) is 11.2. The molecule has 0 spiro atoms. The fourth-order valence-electron chi connectivity index (χ4n) is 1.92. The molecule has 2 heterocycles. The van der Waals surface area contributed by atoms with Crippen molar-refractivity contribution in [3.8, 4) is 0 Å². The van der Waals surface area contributed by atoms with Crippen LogP contribution in [0, 0.1) is 13.8 Å². The van der Waals surface area contributed by atoms with Crippen molar-refractivity contribution in [2.24, 2.45) is 7.05 Å². The number of hydrogen-bond donors (Lipinski definition) is 1. The molecule has 0 saturated heterocycles. The number of carbonyl (C=O) groups is 1. The average Bonchev–Trinajstić information content (AvgIpc) is 2.98. The third-order valence-corrected chi connectivity index (χ3v) is 3.19. The summed E-state index contributed by atoms with van der Waals surface area (Å²) in [6, 6.07) is 0. The maximum atomic E-state index is 12.0. The number of aromatic nitrogens is 5. The molecule has 2 aromatic rings. The number of carbonyl (C=O) groups excluding carboxylic acids is 1. The first-order valence-corrected chi connectivity index (χ1v) is 6.26. The van der Waals surface area contributed by atoms with Gasteiger partial charge in [0.1, 0.15) is 12.2 Å². The first-order chi connectivity index (χ1) is 9.49. The number of rotatable bonds is 4. The van der Waals surface area contributed by atoms with E-state index >= 15 is 0 Å². The summed E-state index contributed by atoms with van der Waals surface area (Å²) in [6.07, 6.45) is 4.77. The Balaban J connectivity index is 2.05. The van der Waals surface area contributed by atoms with Crippen LogP contribution in [0.15, 0.2) is 12.4 Å². The minimum absolute atomic E-state index is 0.0935. The van der Waals surface area contributed by atoms with Gasteiger partial charge in [0.25, 0.3) is 0 Å². The van der Waals surface area contributed by atoms with Gasteiger partial charge in [-0.15, -0.1) is 0 Å². The van der Waals surface area contributed by atoms with Crippen LogP contribution >= 0.6 is 0 Å². The van der Waals surface area contributed by atoms with E-state index in [0.717, 1.165) is 17.0 Å². The molecule has 0 fully saturated rings. The molecule has 2 rings (SSSR count). The summed E-state index contributed by atoms with van der Waals surface area (Å²) in [6.45, 7) is 4.30. The Morgan fingerprint density at radius 2 is 2.25 bits per heavy atom. The number of H-pyrrole nitrogens is 1. The molecule has 0 aliphatic heterocycles. The first-order valence-electron chi connectivity index (χ1n) is 6.26. The summed E-state index contributed by atoms with van der Waals surface area (Å²) < 4.78 is 1.80. The number of nitrogens with one attached hydrogen (secondary N) is 1. The Morgan fingerprint density at radius 3 is 2.80 bits per heavy atom. The van der Waals surface area contributed by atoms with Gasteiger partial charge in [-0.1, -0.05) is 0 Å². The molecule has 0 saturated carbocycles. The van der Waals surface area contributed by atoms with E-state index in [2.05, 4.69) is 20.3 Å². The van der Waals surface area contributed by atoms with Crippen molar-refractivity contribution in [1.29, 1.82) is 0 Å². The second-order valence-electron chi connectivity index (χ2n) is 4.67. The molecular formula is C13H18N6O. The van der Waals surface area contributed by atoms with Gasteiger partial charge in [-0.05, 0) is 19.9 Å². The minimum atomic E-state index is -0.0935. The lowest BCUT2D eigenvalue weighted by Crippen LogP contribution is -2.24. The molecule has 0 aliphatic carbocycles. The van der Waals surface area contributed by atoms with E-state index < -0.39 is 0 Å². The predicted octanol–water partition coefficient (Wildman–Crippen LogP) is 0.827. The van der Waals surface area contributed by atoms with Gasteiger partial charge in [-0.3, -0.25) is 14.6 Å². The smallest absolute Gasteiger partial charge is 0.246 e. The maximum absolute atomic E-state index is 12.0. The SMILES string of the molecule is Cc1nn(C)c(C)c1C=CC(=O)N(C)Cc1ncn[nH]1. The average molecular weight is 274 g/mol. The van der Waals surface area contributed by atoms with Gasteiger partial charge < -0.3 is 4.90 Å². The van der Waals surface area contributed by atoms with Crippen LogP contribution in [-0.4, -0.2) is 42.8 Å². The Hall–Kier alpha value is -2.44. The van der Waals surface area contributed by atoms with Gasteiger partial charge in [-0.25, -0.2) is 4.98 Å². The predicted molar refractivity (Wildman–Crippen MR) is 74.6 cm³/mol. The highest BCUT2D eigenvalue weighted by atomic mass is 16.2. The molecule has 20 heavy (non-hydrogen) atoms. The van der Waals surface area contributed by atoms with Crippen molar-refractivity contribution < 1.29 is 4.79 Å². The summed E-state index contributed by atoms with van der Waals surface area (Å²) in [5, 5.41) is 10.8. The molecule has 106 valence electrons. The van der Waals surface area contributed by atoms with E-state index in [1.807, 2.05) is 20.9 Å². The highest BCUT2D eigenvalue weighted by molar-refractivity contribution is 5.91. The number of aryl methyl sites for hydroxylation is 2. The standard InChI is InChI=1S/C13H18N6O/c1-9-11(10(2)19(4)17-9)5-6-13(20)18(3)7-12-14-8-15-16-12/h5-6,8H,7H2,1-4H3,(H,14,15,16). The molecule has 0 bridgehead atoms. The van der Waals surface area contributed by atoms with Crippen molar-refractivity contribution in [1.82, 2.24) is 29.9 Å². The molecule has 0 unspecified atom stereocenters. The second-order valence-corrected chi connectivity index (χ2v) is 4.67. The van der Waals surface area contributed by atoms with Crippen molar-refractivity contribution in [2.75, 3.05) is 7.05 Å². The number of hydrogen-bond acceptors (Lipinski definition) is 4. The highest BCUT2D eigenvalue weighted by Crippen LogP contribution is 2.13. The zero-order valence-corrected chi connectivity index (χ0v) is 12.1. The Kier molecular flexibility index (Phi) is 3.97. The molecule has 7 nitrogen and oxygen atoms in total. The summed E-state index contributed by atoms with van der Waals surface area (Å²) >= 11 is 0. The summed E-state index contributed by atoms with van der Waals surface area (Å²) in [5.74, 6) is 0.562. The molecule has 1 amide bonds. The Bertz CT molecular complexity index is 626. The fraction of sp³-hybridized carbons (Fsp3) is 0.385. The summed E-state index contributed by atoms with van der Waals surface area (Å²) in [5.41, 5.74) is 2.92. The summed E-state index contributed by atoms with van der Waals surface area (Å²) in [4.78, 5) is 17.6. The highest BCUT2D eigenvalue weighted by Gasteiger charge is 2.10. The van der Waals surface area contributed by atoms with Crippen LogP contribution in [0.3, 0.4) is 0 Å². The molecule has 0 radical (unpaired) electrons. The molecule has 0 atom stereocenters. The van der Waals surface area contributed by atoms with Crippen LogP contribution in [0.1, 0.15) is 22.8 Å². The van der Waals surface area contributed by atoms with Crippen molar-refractivity contribution in [3.63, 3.8) is 0 Å². The topological polar surface area (TPSA) is 79.7 Å². The van der Waals surface area contributed by atoms with Crippen LogP contribution in [-0.2, 0) is 18.4 Å². The van der Waals surface area contributed by atoms with E-state index in [-0.39, 0.29) is 5.91 Å². The third-order valence-electron chi connectivity index (χ3n) is 3.19. The van der Waals surface area contributed by atoms with Crippen molar-refractivity contribution in [3.05, 3.63) is 35.2 Å². The van der Waals surface area contributed by atoms with Crippen LogP contribution in [0.4, 0.5) is 0 Å². The minimum Gasteiger partial charge on any atom is -0.335 e. The third kappa shape index (κ3) is 2.93. The van der Waals surface area contributed by atoms with Crippen LogP contribution < -0.4 is 0 Å².